The molecule has 0 unspecified atom stereocenters. The van der Waals surface area contributed by atoms with Crippen molar-refractivity contribution in [3.63, 3.8) is 0 Å². The van der Waals surface area contributed by atoms with Crippen LogP contribution in [0.2, 0.25) is 0 Å². The molecule has 1 amide bonds. The fraction of sp³-hybridized carbons (Fsp3) is 0.500. The number of nitrogens with zero attached hydrogens (tertiary/aromatic N) is 1. The Kier molecular flexibility index (Phi) is 4.30. The monoisotopic (exact) mass is 377 g/mol. The first-order chi connectivity index (χ1) is 12.5. The van der Waals surface area contributed by atoms with Gasteiger partial charge in [0.1, 0.15) is 19.3 Å². The van der Waals surface area contributed by atoms with Gasteiger partial charge in [-0.1, -0.05) is 0 Å². The third kappa shape index (κ3) is 2.92. The molecule has 0 aromatic heterocycles. The molecule has 0 radical (unpaired) electrons. The van der Waals surface area contributed by atoms with Crippen LogP contribution in [0.3, 0.4) is 0 Å². The largest absolute Gasteiger partial charge is 0.486 e. The van der Waals surface area contributed by atoms with Gasteiger partial charge in [0.15, 0.2) is 23.9 Å². The minimum atomic E-state index is -0.618. The molecule has 2 fully saturated rings. The lowest BCUT2D eigenvalue weighted by Crippen LogP contribution is -2.46. The molecule has 7 nitrogen and oxygen atoms in total. The lowest BCUT2D eigenvalue weighted by molar-refractivity contribution is -0.152. The molecule has 4 rings (SSSR count). The number of amides is 1. The van der Waals surface area contributed by atoms with Crippen molar-refractivity contribution in [1.82, 2.24) is 4.90 Å². The maximum Gasteiger partial charge on any atom is 0.330 e. The van der Waals surface area contributed by atoms with Gasteiger partial charge in [-0.05, 0) is 31.5 Å². The number of rotatable bonds is 4. The number of carbonyl (C=O) groups is 3. The van der Waals surface area contributed by atoms with Crippen LogP contribution in [-0.2, 0) is 14.3 Å². The van der Waals surface area contributed by atoms with Gasteiger partial charge < -0.3 is 19.1 Å². The Morgan fingerprint density at radius 1 is 1.31 bits per heavy atom. The molecule has 2 atom stereocenters. The van der Waals surface area contributed by atoms with E-state index in [1.54, 1.807) is 34.9 Å². The number of Topliss-reactive ketones (excluding diaryl/α,β-unsaturated/α-hetero) is 1. The van der Waals surface area contributed by atoms with Crippen LogP contribution >= 0.6 is 11.8 Å². The molecule has 3 heterocycles. The van der Waals surface area contributed by atoms with Crippen molar-refractivity contribution in [2.75, 3.05) is 25.6 Å². The van der Waals surface area contributed by atoms with Crippen molar-refractivity contribution in [3.05, 3.63) is 23.8 Å². The summed E-state index contributed by atoms with van der Waals surface area (Å²) >= 11 is 1.59. The average molecular weight is 377 g/mol. The van der Waals surface area contributed by atoms with Gasteiger partial charge in [-0.15, -0.1) is 11.8 Å². The number of thioether (sulfide) groups is 1. The average Bonchev–Trinajstić information content (AvgIpc) is 3.15. The van der Waals surface area contributed by atoms with Gasteiger partial charge in [-0.2, -0.15) is 0 Å². The number of hydrogen-bond acceptors (Lipinski definition) is 7. The van der Waals surface area contributed by atoms with Crippen molar-refractivity contribution in [2.45, 2.75) is 30.7 Å². The minimum absolute atomic E-state index is 0.0300. The molecular formula is C18H19NO6S. The van der Waals surface area contributed by atoms with Crippen LogP contribution in [-0.4, -0.2) is 59.0 Å². The molecule has 3 aliphatic rings. The Bertz CT molecular complexity index is 781. The normalized spacial score (nSPS) is 26.6. The molecular weight excluding hydrogens is 358 g/mol. The zero-order valence-electron chi connectivity index (χ0n) is 14.4. The summed E-state index contributed by atoms with van der Waals surface area (Å²) in [5, 5.41) is 0. The molecule has 3 aliphatic heterocycles. The fourth-order valence-electron chi connectivity index (χ4n) is 3.53. The lowest BCUT2D eigenvalue weighted by atomic mass is 10.1. The first kappa shape index (κ1) is 17.2. The van der Waals surface area contributed by atoms with E-state index in [1.807, 2.05) is 6.92 Å². The third-order valence-electron chi connectivity index (χ3n) is 4.93. The summed E-state index contributed by atoms with van der Waals surface area (Å²) in [5.74, 6) is 0.731. The molecule has 0 bridgehead atoms. The molecule has 0 N–H and O–H groups in total. The Morgan fingerprint density at radius 2 is 2.08 bits per heavy atom. The first-order valence-corrected chi connectivity index (χ1v) is 9.52. The maximum atomic E-state index is 12.4. The van der Waals surface area contributed by atoms with Gasteiger partial charge in [-0.25, -0.2) is 4.79 Å². The standard InChI is InChI=1S/C18H19NO6S/c1-18-5-4-16(21)19(18)12(10-26-18)17(22)25-9-13(20)11-2-3-14-15(8-11)24-7-6-23-14/h2-3,8,12H,4-7,9-10H2,1H3/t12-,18-/m1/s1. The van der Waals surface area contributed by atoms with E-state index in [-0.39, 0.29) is 23.2 Å². The zero-order valence-corrected chi connectivity index (χ0v) is 15.2. The number of esters is 1. The van der Waals surface area contributed by atoms with E-state index in [0.717, 1.165) is 6.42 Å². The number of ether oxygens (including phenoxy) is 3. The van der Waals surface area contributed by atoms with E-state index in [9.17, 15) is 14.4 Å². The Labute approximate surface area is 155 Å². The van der Waals surface area contributed by atoms with Crippen LogP contribution in [0.25, 0.3) is 0 Å². The molecule has 0 spiro atoms. The number of ketones is 1. The van der Waals surface area contributed by atoms with Crippen LogP contribution in [0.1, 0.15) is 30.1 Å². The second-order valence-corrected chi connectivity index (χ2v) is 8.16. The summed E-state index contributed by atoms with van der Waals surface area (Å²) in [5.41, 5.74) is 0.393. The van der Waals surface area contributed by atoms with E-state index in [0.29, 0.717) is 42.4 Å². The van der Waals surface area contributed by atoms with Crippen molar-refractivity contribution >= 4 is 29.4 Å². The highest BCUT2D eigenvalue weighted by molar-refractivity contribution is 8.01. The summed E-state index contributed by atoms with van der Waals surface area (Å²) in [6, 6.07) is 4.27. The lowest BCUT2D eigenvalue weighted by Gasteiger charge is -2.29. The van der Waals surface area contributed by atoms with Crippen LogP contribution < -0.4 is 9.47 Å². The molecule has 8 heteroatoms. The third-order valence-corrected chi connectivity index (χ3v) is 6.43. The number of benzene rings is 1. The van der Waals surface area contributed by atoms with E-state index in [1.165, 1.54) is 0 Å². The van der Waals surface area contributed by atoms with Gasteiger partial charge in [0.05, 0.1) is 4.87 Å². The Balaban J connectivity index is 1.39. The highest BCUT2D eigenvalue weighted by Gasteiger charge is 2.53. The van der Waals surface area contributed by atoms with Crippen molar-refractivity contribution in [2.24, 2.45) is 0 Å². The van der Waals surface area contributed by atoms with Gasteiger partial charge in [0, 0.05) is 17.7 Å². The second kappa shape index (κ2) is 6.50. The van der Waals surface area contributed by atoms with E-state index < -0.39 is 12.0 Å². The van der Waals surface area contributed by atoms with Crippen LogP contribution in [0.15, 0.2) is 18.2 Å². The molecule has 1 aromatic rings. The number of carbonyl (C=O) groups excluding carboxylic acids is 3. The summed E-state index contributed by atoms with van der Waals surface area (Å²) in [7, 11) is 0. The smallest absolute Gasteiger partial charge is 0.330 e. The second-order valence-electron chi connectivity index (χ2n) is 6.65. The highest BCUT2D eigenvalue weighted by atomic mass is 32.2. The Hall–Kier alpha value is -2.22. The molecule has 1 aromatic carbocycles. The summed E-state index contributed by atoms with van der Waals surface area (Å²) in [4.78, 5) is 38.1. The van der Waals surface area contributed by atoms with Gasteiger partial charge in [-0.3, -0.25) is 9.59 Å². The van der Waals surface area contributed by atoms with Crippen LogP contribution in [0.5, 0.6) is 11.5 Å². The van der Waals surface area contributed by atoms with E-state index in [2.05, 4.69) is 0 Å². The highest BCUT2D eigenvalue weighted by Crippen LogP contribution is 2.47. The summed E-state index contributed by atoms with van der Waals surface area (Å²) in [6.07, 6.45) is 1.18. The van der Waals surface area contributed by atoms with Crippen molar-refractivity contribution in [1.29, 1.82) is 0 Å². The fourth-order valence-corrected chi connectivity index (χ4v) is 4.94. The predicted molar refractivity (Wildman–Crippen MR) is 93.5 cm³/mol. The minimum Gasteiger partial charge on any atom is -0.486 e. The van der Waals surface area contributed by atoms with Crippen molar-refractivity contribution in [3.8, 4) is 11.5 Å². The number of hydrogen-bond donors (Lipinski definition) is 0. The van der Waals surface area contributed by atoms with Gasteiger partial charge >= 0.3 is 5.97 Å². The SMILES string of the molecule is C[C@@]12CCC(=O)N1[C@@H](C(=O)OCC(=O)c1ccc3c(c1)OCCO3)CS2. The Morgan fingerprint density at radius 3 is 2.88 bits per heavy atom. The first-order valence-electron chi connectivity index (χ1n) is 8.53. The zero-order chi connectivity index (χ0) is 18.3. The topological polar surface area (TPSA) is 82.1 Å². The van der Waals surface area contributed by atoms with Crippen LogP contribution in [0.4, 0.5) is 0 Å². The quantitative estimate of drug-likeness (QED) is 0.583. The van der Waals surface area contributed by atoms with E-state index in [4.69, 9.17) is 14.2 Å². The van der Waals surface area contributed by atoms with Gasteiger partial charge in [0.25, 0.3) is 0 Å². The molecule has 2 saturated heterocycles. The van der Waals surface area contributed by atoms with E-state index >= 15 is 0 Å². The predicted octanol–water partition coefficient (Wildman–Crippen LogP) is 1.64. The summed E-state index contributed by atoms with van der Waals surface area (Å²) in [6.45, 7) is 2.52. The van der Waals surface area contributed by atoms with Crippen molar-refractivity contribution < 1.29 is 28.6 Å². The molecule has 26 heavy (non-hydrogen) atoms. The summed E-state index contributed by atoms with van der Waals surface area (Å²) < 4.78 is 16.1. The molecule has 0 saturated carbocycles. The number of fused-ring (bicyclic) bond motifs is 2. The van der Waals surface area contributed by atoms with Crippen LogP contribution in [0, 0.1) is 0 Å². The molecule has 138 valence electrons. The molecule has 0 aliphatic carbocycles. The van der Waals surface area contributed by atoms with Gasteiger partial charge in [0.2, 0.25) is 5.91 Å². The maximum absolute atomic E-state index is 12.4.